The number of aromatic hydroxyl groups is 2. The summed E-state index contributed by atoms with van der Waals surface area (Å²) in [6.07, 6.45) is 3.10. The Bertz CT molecular complexity index is 501. The zero-order chi connectivity index (χ0) is 13.6. The molecule has 3 nitrogen and oxygen atoms in total. The topological polar surface area (TPSA) is 57.1 Å². The number of benzene rings is 1. The summed E-state index contributed by atoms with van der Waals surface area (Å²) in [7, 11) is 0. The Kier molecular flexibility index (Phi) is 2.90. The van der Waals surface area contributed by atoms with Crippen molar-refractivity contribution in [1.29, 1.82) is 0 Å². The number of rotatable bonds is 1. The van der Waals surface area contributed by atoms with Gasteiger partial charge in [-0.1, -0.05) is 0 Å². The number of quaternary nitrogens is 1. The minimum Gasteiger partial charge on any atom is -0.508 e. The summed E-state index contributed by atoms with van der Waals surface area (Å²) in [5, 5.41) is 21.7. The number of hydrogen-bond donors (Lipinski definition) is 3. The molecule has 98 valence electrons. The Morgan fingerprint density at radius 3 is 2.33 bits per heavy atom. The van der Waals surface area contributed by atoms with Crippen molar-refractivity contribution in [2.24, 2.45) is 0 Å². The van der Waals surface area contributed by atoms with Gasteiger partial charge < -0.3 is 15.5 Å². The van der Waals surface area contributed by atoms with Crippen LogP contribution >= 0.6 is 0 Å². The molecule has 1 aliphatic rings. The van der Waals surface area contributed by atoms with Crippen LogP contribution in [0.25, 0.3) is 5.57 Å². The Labute approximate surface area is 108 Å². The van der Waals surface area contributed by atoms with Gasteiger partial charge >= 0.3 is 0 Å². The highest BCUT2D eigenvalue weighted by molar-refractivity contribution is 5.72. The average molecular weight is 248 g/mol. The summed E-state index contributed by atoms with van der Waals surface area (Å²) >= 11 is 0. The fourth-order valence-electron chi connectivity index (χ4n) is 3.06. The van der Waals surface area contributed by atoms with Crippen LogP contribution in [0, 0.1) is 0 Å². The van der Waals surface area contributed by atoms with Crippen molar-refractivity contribution in [2.75, 3.05) is 0 Å². The van der Waals surface area contributed by atoms with Crippen molar-refractivity contribution >= 4 is 5.57 Å². The molecule has 1 heterocycles. The van der Waals surface area contributed by atoms with Crippen LogP contribution in [0.2, 0.25) is 0 Å². The van der Waals surface area contributed by atoms with Crippen molar-refractivity contribution in [1.82, 2.24) is 0 Å². The first-order valence-corrected chi connectivity index (χ1v) is 6.30. The highest BCUT2D eigenvalue weighted by Gasteiger charge is 2.37. The predicted molar refractivity (Wildman–Crippen MR) is 72.4 cm³/mol. The SMILES string of the molecule is CC1(C)C=C(c2ccc(O)cc2O)CC(C)(C)[NH2+]1. The zero-order valence-electron chi connectivity index (χ0n) is 11.5. The van der Waals surface area contributed by atoms with Gasteiger partial charge in [0.2, 0.25) is 0 Å². The molecule has 1 aromatic rings. The van der Waals surface area contributed by atoms with Gasteiger partial charge in [0.05, 0.1) is 5.54 Å². The first-order chi connectivity index (χ1) is 8.19. The molecule has 2 rings (SSSR count). The summed E-state index contributed by atoms with van der Waals surface area (Å²) < 4.78 is 0. The lowest BCUT2D eigenvalue weighted by Gasteiger charge is -2.37. The smallest absolute Gasteiger partial charge is 0.126 e. The summed E-state index contributed by atoms with van der Waals surface area (Å²) in [5.74, 6) is 0.243. The van der Waals surface area contributed by atoms with Gasteiger partial charge in [-0.25, -0.2) is 0 Å². The van der Waals surface area contributed by atoms with Crippen molar-refractivity contribution in [3.05, 3.63) is 29.8 Å². The number of nitrogens with two attached hydrogens (primary N) is 1. The summed E-state index contributed by atoms with van der Waals surface area (Å²) in [6.45, 7) is 8.76. The quantitative estimate of drug-likeness (QED) is 0.712. The number of phenolic OH excluding ortho intramolecular Hbond substituents is 2. The highest BCUT2D eigenvalue weighted by atomic mass is 16.3. The van der Waals surface area contributed by atoms with Crippen LogP contribution in [-0.2, 0) is 0 Å². The maximum Gasteiger partial charge on any atom is 0.126 e. The van der Waals surface area contributed by atoms with Crippen molar-refractivity contribution < 1.29 is 15.5 Å². The molecule has 0 aliphatic carbocycles. The second-order valence-corrected chi connectivity index (χ2v) is 6.50. The van der Waals surface area contributed by atoms with Crippen LogP contribution in [0.5, 0.6) is 11.5 Å². The molecule has 0 bridgehead atoms. The second kappa shape index (κ2) is 4.02. The van der Waals surface area contributed by atoms with Crippen LogP contribution in [0.3, 0.4) is 0 Å². The molecule has 0 unspecified atom stereocenters. The molecule has 0 saturated carbocycles. The lowest BCUT2D eigenvalue weighted by molar-refractivity contribution is -0.770. The minimum absolute atomic E-state index is 0.0153. The fraction of sp³-hybridized carbons (Fsp3) is 0.467. The standard InChI is InChI=1S/C15H21NO2/c1-14(2)8-10(9-15(3,4)16-14)12-6-5-11(17)7-13(12)18/h5-8,16-18H,9H2,1-4H3/p+1. The molecular formula is C15H22NO2+. The van der Waals surface area contributed by atoms with Gasteiger partial charge in [0.15, 0.2) is 0 Å². The van der Waals surface area contributed by atoms with Gasteiger partial charge in [-0.2, -0.15) is 0 Å². The lowest BCUT2D eigenvalue weighted by Crippen LogP contribution is -3.04. The molecule has 3 heteroatoms. The van der Waals surface area contributed by atoms with E-state index < -0.39 is 0 Å². The van der Waals surface area contributed by atoms with E-state index in [-0.39, 0.29) is 22.6 Å². The molecule has 0 aromatic heterocycles. The molecule has 1 aliphatic heterocycles. The monoisotopic (exact) mass is 248 g/mol. The number of hydrogen-bond acceptors (Lipinski definition) is 2. The van der Waals surface area contributed by atoms with E-state index in [9.17, 15) is 10.2 Å². The van der Waals surface area contributed by atoms with Crippen molar-refractivity contribution in [2.45, 2.75) is 45.2 Å². The third-order valence-electron chi connectivity index (χ3n) is 3.28. The highest BCUT2D eigenvalue weighted by Crippen LogP contribution is 2.35. The maximum absolute atomic E-state index is 9.97. The van der Waals surface area contributed by atoms with Crippen LogP contribution in [0.4, 0.5) is 0 Å². The van der Waals surface area contributed by atoms with Gasteiger partial charge in [-0.3, -0.25) is 0 Å². The Balaban J connectivity index is 2.46. The first-order valence-electron chi connectivity index (χ1n) is 6.30. The number of phenols is 2. The van der Waals surface area contributed by atoms with Gasteiger partial charge in [0.25, 0.3) is 0 Å². The minimum atomic E-state index is 0.0153. The molecule has 0 atom stereocenters. The molecule has 0 saturated heterocycles. The van der Waals surface area contributed by atoms with E-state index in [0.717, 1.165) is 17.6 Å². The molecule has 0 radical (unpaired) electrons. The molecule has 0 amide bonds. The summed E-state index contributed by atoms with van der Waals surface area (Å²) in [6, 6.07) is 4.80. The van der Waals surface area contributed by atoms with E-state index in [4.69, 9.17) is 0 Å². The van der Waals surface area contributed by atoms with E-state index >= 15 is 0 Å². The van der Waals surface area contributed by atoms with E-state index in [0.29, 0.717) is 0 Å². The van der Waals surface area contributed by atoms with Crippen LogP contribution < -0.4 is 5.32 Å². The van der Waals surface area contributed by atoms with Gasteiger partial charge in [0, 0.05) is 18.1 Å². The van der Waals surface area contributed by atoms with Crippen LogP contribution in [-0.4, -0.2) is 21.3 Å². The van der Waals surface area contributed by atoms with Gasteiger partial charge in [0.1, 0.15) is 17.0 Å². The average Bonchev–Trinajstić information content (AvgIpc) is 2.11. The maximum atomic E-state index is 9.97. The third kappa shape index (κ3) is 2.67. The molecule has 18 heavy (non-hydrogen) atoms. The van der Waals surface area contributed by atoms with Crippen LogP contribution in [0.1, 0.15) is 39.7 Å². The molecule has 4 N–H and O–H groups in total. The van der Waals surface area contributed by atoms with Gasteiger partial charge in [-0.15, -0.1) is 0 Å². The molecule has 1 aromatic carbocycles. The Hall–Kier alpha value is -1.48. The second-order valence-electron chi connectivity index (χ2n) is 6.50. The molecule has 0 fully saturated rings. The van der Waals surface area contributed by atoms with Crippen molar-refractivity contribution in [3.63, 3.8) is 0 Å². The Morgan fingerprint density at radius 1 is 1.11 bits per heavy atom. The largest absolute Gasteiger partial charge is 0.508 e. The van der Waals surface area contributed by atoms with Crippen LogP contribution in [0.15, 0.2) is 24.3 Å². The van der Waals surface area contributed by atoms with Crippen molar-refractivity contribution in [3.8, 4) is 11.5 Å². The van der Waals surface area contributed by atoms with Gasteiger partial charge in [-0.05, 0) is 51.5 Å². The zero-order valence-corrected chi connectivity index (χ0v) is 11.5. The molecule has 0 spiro atoms. The predicted octanol–water partition coefficient (Wildman–Crippen LogP) is 2.01. The van der Waals surface area contributed by atoms with E-state index in [1.807, 2.05) is 0 Å². The molecular weight excluding hydrogens is 226 g/mol. The normalized spacial score (nSPS) is 21.4. The van der Waals surface area contributed by atoms with E-state index in [1.54, 1.807) is 12.1 Å². The first kappa shape index (κ1) is 13.0. The summed E-state index contributed by atoms with van der Waals surface area (Å²) in [4.78, 5) is 0. The lowest BCUT2D eigenvalue weighted by atomic mass is 9.81. The fourth-order valence-corrected chi connectivity index (χ4v) is 3.06. The Morgan fingerprint density at radius 2 is 1.78 bits per heavy atom. The third-order valence-corrected chi connectivity index (χ3v) is 3.28. The van der Waals surface area contributed by atoms with E-state index in [2.05, 4.69) is 39.1 Å². The summed E-state index contributed by atoms with van der Waals surface area (Å²) in [5.41, 5.74) is 2.09. The van der Waals surface area contributed by atoms with E-state index in [1.165, 1.54) is 6.07 Å².